The van der Waals surface area contributed by atoms with Gasteiger partial charge in [0.05, 0.1) is 11.4 Å². The zero-order chi connectivity index (χ0) is 17.8. The van der Waals surface area contributed by atoms with Gasteiger partial charge in [0, 0.05) is 24.3 Å². The van der Waals surface area contributed by atoms with E-state index in [0.717, 1.165) is 46.0 Å². The molecule has 0 saturated carbocycles. The molecule has 5 heteroatoms. The minimum atomic E-state index is 0.762. The van der Waals surface area contributed by atoms with E-state index in [0.29, 0.717) is 0 Å². The van der Waals surface area contributed by atoms with Crippen LogP contribution in [0.5, 0.6) is 0 Å². The fourth-order valence-corrected chi connectivity index (χ4v) is 3.85. The number of para-hydroxylation sites is 1. The number of pyridine rings is 1. The number of fused-ring (bicyclic) bond motifs is 6. The molecule has 1 aliphatic heterocycles. The summed E-state index contributed by atoms with van der Waals surface area (Å²) in [5, 5.41) is 11.3. The molecule has 0 N–H and O–H groups in total. The van der Waals surface area contributed by atoms with Crippen molar-refractivity contribution in [1.29, 1.82) is 0 Å². The summed E-state index contributed by atoms with van der Waals surface area (Å²) in [6.07, 6.45) is 3.99. The number of nitrogens with zero attached hydrogens (tertiary/aromatic N) is 5. The van der Waals surface area contributed by atoms with Gasteiger partial charge in [-0.15, -0.1) is 10.2 Å². The lowest BCUT2D eigenvalue weighted by atomic mass is 10.1. The SMILES string of the molecule is c1ccc2c(c1)Cn1cccc1-c1nnc(-c3cc4ccccc4cn3)n1-2. The first-order valence-corrected chi connectivity index (χ1v) is 8.93. The summed E-state index contributed by atoms with van der Waals surface area (Å²) in [6, 6.07) is 22.9. The maximum absolute atomic E-state index is 4.67. The Morgan fingerprint density at radius 2 is 1.59 bits per heavy atom. The molecule has 0 amide bonds. The fourth-order valence-electron chi connectivity index (χ4n) is 3.85. The topological polar surface area (TPSA) is 48.5 Å². The van der Waals surface area contributed by atoms with Gasteiger partial charge in [0.15, 0.2) is 11.6 Å². The summed E-state index contributed by atoms with van der Waals surface area (Å²) in [6.45, 7) is 0.812. The van der Waals surface area contributed by atoms with Gasteiger partial charge in [-0.1, -0.05) is 42.5 Å². The van der Waals surface area contributed by atoms with Crippen LogP contribution in [0.25, 0.3) is 39.5 Å². The molecule has 3 aromatic heterocycles. The van der Waals surface area contributed by atoms with Crippen molar-refractivity contribution in [3.05, 3.63) is 84.7 Å². The Balaban J connectivity index is 1.66. The molecule has 0 unspecified atom stereocenters. The highest BCUT2D eigenvalue weighted by Gasteiger charge is 2.24. The summed E-state index contributed by atoms with van der Waals surface area (Å²) in [5.74, 6) is 1.60. The van der Waals surface area contributed by atoms with Crippen LogP contribution in [0.15, 0.2) is 79.1 Å². The zero-order valence-corrected chi connectivity index (χ0v) is 14.4. The molecule has 27 heavy (non-hydrogen) atoms. The second kappa shape index (κ2) is 5.38. The van der Waals surface area contributed by atoms with E-state index in [4.69, 9.17) is 0 Å². The summed E-state index contributed by atoms with van der Waals surface area (Å²) >= 11 is 0. The van der Waals surface area contributed by atoms with Gasteiger partial charge >= 0.3 is 0 Å². The molecule has 5 aromatic rings. The van der Waals surface area contributed by atoms with Crippen molar-refractivity contribution in [2.45, 2.75) is 6.54 Å². The van der Waals surface area contributed by atoms with Gasteiger partial charge in [0.25, 0.3) is 0 Å². The van der Waals surface area contributed by atoms with Crippen LogP contribution in [0.4, 0.5) is 0 Å². The van der Waals surface area contributed by atoms with Crippen LogP contribution >= 0.6 is 0 Å². The summed E-state index contributed by atoms with van der Waals surface area (Å²) in [5.41, 5.74) is 4.22. The summed E-state index contributed by atoms with van der Waals surface area (Å²) in [4.78, 5) is 4.67. The van der Waals surface area contributed by atoms with Gasteiger partial charge in [0.1, 0.15) is 5.69 Å². The lowest BCUT2D eigenvalue weighted by Crippen LogP contribution is -2.02. The predicted octanol–water partition coefficient (Wildman–Crippen LogP) is 4.31. The molecule has 0 fully saturated rings. The Hall–Kier alpha value is -3.73. The Morgan fingerprint density at radius 1 is 0.778 bits per heavy atom. The predicted molar refractivity (Wildman–Crippen MR) is 105 cm³/mol. The van der Waals surface area contributed by atoms with Crippen LogP contribution in [-0.2, 0) is 6.54 Å². The third-order valence-electron chi connectivity index (χ3n) is 5.15. The van der Waals surface area contributed by atoms with Gasteiger partial charge in [0.2, 0.25) is 0 Å². The standard InChI is InChI=1S/C22H15N5/c1-2-7-16-13-23-18(12-15(16)6-1)21-24-25-22-20-10-5-11-26(20)14-17-8-3-4-9-19(17)27(21)22/h1-13H,14H2. The van der Waals surface area contributed by atoms with E-state index in [-0.39, 0.29) is 0 Å². The molecule has 0 saturated heterocycles. The first-order valence-electron chi connectivity index (χ1n) is 8.93. The molecule has 0 spiro atoms. The normalized spacial score (nSPS) is 12.3. The van der Waals surface area contributed by atoms with Crippen molar-refractivity contribution in [1.82, 2.24) is 24.3 Å². The van der Waals surface area contributed by atoms with E-state index in [1.165, 1.54) is 5.56 Å². The van der Waals surface area contributed by atoms with Crippen LogP contribution in [0.3, 0.4) is 0 Å². The van der Waals surface area contributed by atoms with Crippen LogP contribution in [0, 0.1) is 0 Å². The largest absolute Gasteiger partial charge is 0.340 e. The van der Waals surface area contributed by atoms with E-state index in [1.54, 1.807) is 0 Å². The molecular formula is C22H15N5. The molecule has 1 aliphatic rings. The molecule has 0 aliphatic carbocycles. The maximum atomic E-state index is 4.67. The molecule has 0 bridgehead atoms. The highest BCUT2D eigenvalue weighted by atomic mass is 15.3. The van der Waals surface area contributed by atoms with Crippen molar-refractivity contribution >= 4 is 10.8 Å². The van der Waals surface area contributed by atoms with E-state index >= 15 is 0 Å². The first kappa shape index (κ1) is 14.4. The van der Waals surface area contributed by atoms with Crippen molar-refractivity contribution < 1.29 is 0 Å². The summed E-state index contributed by atoms with van der Waals surface area (Å²) in [7, 11) is 0. The van der Waals surface area contributed by atoms with E-state index in [9.17, 15) is 0 Å². The lowest BCUT2D eigenvalue weighted by molar-refractivity contribution is 0.816. The molecule has 4 heterocycles. The number of hydrogen-bond donors (Lipinski definition) is 0. The molecule has 5 nitrogen and oxygen atoms in total. The second-order valence-corrected chi connectivity index (χ2v) is 6.75. The smallest absolute Gasteiger partial charge is 0.187 e. The monoisotopic (exact) mass is 349 g/mol. The van der Waals surface area contributed by atoms with Crippen molar-refractivity contribution in [3.8, 4) is 28.7 Å². The number of hydrogen-bond acceptors (Lipinski definition) is 3. The van der Waals surface area contributed by atoms with E-state index in [2.05, 4.69) is 85.1 Å². The van der Waals surface area contributed by atoms with Gasteiger partial charge in [-0.2, -0.15) is 0 Å². The second-order valence-electron chi connectivity index (χ2n) is 6.75. The van der Waals surface area contributed by atoms with Crippen LogP contribution in [-0.4, -0.2) is 24.3 Å². The van der Waals surface area contributed by atoms with Crippen LogP contribution in [0.2, 0.25) is 0 Å². The van der Waals surface area contributed by atoms with Crippen molar-refractivity contribution in [3.63, 3.8) is 0 Å². The maximum Gasteiger partial charge on any atom is 0.187 e. The molecule has 2 aromatic carbocycles. The number of rotatable bonds is 1. The Labute approximate surface area is 155 Å². The van der Waals surface area contributed by atoms with E-state index in [1.807, 2.05) is 18.3 Å². The number of aromatic nitrogens is 5. The number of benzene rings is 2. The Bertz CT molecular complexity index is 1310. The van der Waals surface area contributed by atoms with Crippen LogP contribution < -0.4 is 0 Å². The molecule has 0 atom stereocenters. The average Bonchev–Trinajstić information content (AvgIpc) is 3.32. The Kier molecular flexibility index (Phi) is 2.88. The fraction of sp³-hybridized carbons (Fsp3) is 0.0455. The average molecular weight is 349 g/mol. The van der Waals surface area contributed by atoms with Crippen LogP contribution in [0.1, 0.15) is 5.56 Å². The third kappa shape index (κ3) is 2.08. The molecule has 0 radical (unpaired) electrons. The van der Waals surface area contributed by atoms with Gasteiger partial charge in [-0.05, 0) is 35.2 Å². The Morgan fingerprint density at radius 3 is 2.56 bits per heavy atom. The van der Waals surface area contributed by atoms with Gasteiger partial charge in [-0.3, -0.25) is 9.55 Å². The van der Waals surface area contributed by atoms with Gasteiger partial charge < -0.3 is 4.57 Å². The minimum Gasteiger partial charge on any atom is -0.340 e. The molecular weight excluding hydrogens is 334 g/mol. The third-order valence-corrected chi connectivity index (χ3v) is 5.15. The van der Waals surface area contributed by atoms with Crippen molar-refractivity contribution in [2.24, 2.45) is 0 Å². The minimum absolute atomic E-state index is 0.762. The van der Waals surface area contributed by atoms with E-state index < -0.39 is 0 Å². The van der Waals surface area contributed by atoms with Gasteiger partial charge in [-0.25, -0.2) is 0 Å². The molecule has 128 valence electrons. The highest BCUT2D eigenvalue weighted by molar-refractivity contribution is 5.84. The highest BCUT2D eigenvalue weighted by Crippen LogP contribution is 2.33. The molecule has 6 rings (SSSR count). The lowest BCUT2D eigenvalue weighted by Gasteiger charge is -2.11. The first-order chi connectivity index (χ1) is 13.4. The summed E-state index contributed by atoms with van der Waals surface area (Å²) < 4.78 is 4.34. The quantitative estimate of drug-likeness (QED) is 0.444. The van der Waals surface area contributed by atoms with Crippen molar-refractivity contribution in [2.75, 3.05) is 0 Å². The zero-order valence-electron chi connectivity index (χ0n) is 14.4.